The molecule has 0 amide bonds. The molecule has 0 saturated carbocycles. The van der Waals surface area contributed by atoms with Crippen LogP contribution in [0.25, 0.3) is 5.57 Å². The summed E-state index contributed by atoms with van der Waals surface area (Å²) in [5, 5.41) is 0. The molecule has 0 aromatic heterocycles. The monoisotopic (exact) mass is 171 g/mol. The minimum absolute atomic E-state index is 0.00926. The molecule has 0 aliphatic carbocycles. The molecule has 0 N–H and O–H groups in total. The Morgan fingerprint density at radius 3 is 2.42 bits per heavy atom. The Kier molecular flexibility index (Phi) is 2.22. The SMILES string of the molecule is C=C(c1[c]cccc1)C(F)(F)F. The van der Waals surface area contributed by atoms with E-state index in [1.807, 2.05) is 0 Å². The number of allylic oxidation sites excluding steroid dienone is 1. The highest BCUT2D eigenvalue weighted by Gasteiger charge is 2.32. The van der Waals surface area contributed by atoms with E-state index in [0.717, 1.165) is 0 Å². The Morgan fingerprint density at radius 2 is 2.00 bits per heavy atom. The van der Waals surface area contributed by atoms with Crippen molar-refractivity contribution in [1.82, 2.24) is 0 Å². The molecule has 0 aliphatic rings. The molecule has 12 heavy (non-hydrogen) atoms. The quantitative estimate of drug-likeness (QED) is 0.609. The second kappa shape index (κ2) is 3.01. The van der Waals surface area contributed by atoms with Gasteiger partial charge < -0.3 is 0 Å². The minimum atomic E-state index is -4.36. The average Bonchev–Trinajstić information content (AvgIpc) is 2.03. The van der Waals surface area contributed by atoms with E-state index in [-0.39, 0.29) is 5.56 Å². The van der Waals surface area contributed by atoms with E-state index in [1.54, 1.807) is 6.07 Å². The highest BCUT2D eigenvalue weighted by molar-refractivity contribution is 5.66. The predicted octanol–water partition coefficient (Wildman–Crippen LogP) is 3.06. The molecular formula is C9H6F3. The Bertz CT molecular complexity index is 272. The van der Waals surface area contributed by atoms with Gasteiger partial charge in [-0.2, -0.15) is 13.2 Å². The lowest BCUT2D eigenvalue weighted by Gasteiger charge is -2.08. The van der Waals surface area contributed by atoms with Crippen molar-refractivity contribution < 1.29 is 13.2 Å². The number of alkyl halides is 3. The second-order valence-corrected chi connectivity index (χ2v) is 2.25. The van der Waals surface area contributed by atoms with Crippen molar-refractivity contribution >= 4 is 5.57 Å². The molecular weight excluding hydrogens is 165 g/mol. The highest BCUT2D eigenvalue weighted by Crippen LogP contribution is 2.31. The van der Waals surface area contributed by atoms with Crippen LogP contribution in [-0.4, -0.2) is 6.18 Å². The molecule has 0 bridgehead atoms. The van der Waals surface area contributed by atoms with Crippen LogP contribution in [0.3, 0.4) is 0 Å². The second-order valence-electron chi connectivity index (χ2n) is 2.25. The van der Waals surface area contributed by atoms with E-state index in [1.165, 1.54) is 18.2 Å². The lowest BCUT2D eigenvalue weighted by atomic mass is 10.1. The van der Waals surface area contributed by atoms with Gasteiger partial charge in [-0.25, -0.2) is 0 Å². The fraction of sp³-hybridized carbons (Fsp3) is 0.111. The number of rotatable bonds is 1. The number of halogens is 3. The maximum atomic E-state index is 12.0. The van der Waals surface area contributed by atoms with Crippen molar-refractivity contribution in [2.75, 3.05) is 0 Å². The van der Waals surface area contributed by atoms with Gasteiger partial charge in [0.2, 0.25) is 0 Å². The van der Waals surface area contributed by atoms with E-state index in [2.05, 4.69) is 12.6 Å². The van der Waals surface area contributed by atoms with Gasteiger partial charge in [0.25, 0.3) is 0 Å². The van der Waals surface area contributed by atoms with Gasteiger partial charge in [-0.1, -0.05) is 30.8 Å². The van der Waals surface area contributed by atoms with E-state index in [4.69, 9.17) is 0 Å². The van der Waals surface area contributed by atoms with Crippen LogP contribution in [0.15, 0.2) is 30.8 Å². The Morgan fingerprint density at radius 1 is 1.33 bits per heavy atom. The Hall–Kier alpha value is -1.25. The molecule has 0 aliphatic heterocycles. The van der Waals surface area contributed by atoms with E-state index in [0.29, 0.717) is 0 Å². The van der Waals surface area contributed by atoms with Crippen molar-refractivity contribution in [3.8, 4) is 0 Å². The summed E-state index contributed by atoms with van der Waals surface area (Å²) in [7, 11) is 0. The predicted molar refractivity (Wildman–Crippen MR) is 40.4 cm³/mol. The highest BCUT2D eigenvalue weighted by atomic mass is 19.4. The van der Waals surface area contributed by atoms with Gasteiger partial charge in [0.05, 0.1) is 5.57 Å². The third kappa shape index (κ3) is 1.87. The molecule has 0 unspecified atom stereocenters. The summed E-state index contributed by atoms with van der Waals surface area (Å²) in [6, 6.07) is 8.33. The van der Waals surface area contributed by atoms with Gasteiger partial charge in [0.1, 0.15) is 0 Å². The van der Waals surface area contributed by atoms with Crippen LogP contribution < -0.4 is 0 Å². The van der Waals surface area contributed by atoms with Gasteiger partial charge in [-0.3, -0.25) is 0 Å². The van der Waals surface area contributed by atoms with Crippen molar-refractivity contribution in [2.24, 2.45) is 0 Å². The molecule has 1 aromatic rings. The zero-order chi connectivity index (χ0) is 9.19. The molecule has 0 nitrogen and oxygen atoms in total. The first-order valence-corrected chi connectivity index (χ1v) is 3.25. The standard InChI is InChI=1S/C9H6F3/c1-7(9(10,11)12)8-5-3-2-4-6-8/h2-5H,1H2. The van der Waals surface area contributed by atoms with Crippen molar-refractivity contribution in [3.05, 3.63) is 42.5 Å². The summed E-state index contributed by atoms with van der Waals surface area (Å²) in [4.78, 5) is 0. The summed E-state index contributed by atoms with van der Waals surface area (Å²) in [6.07, 6.45) is -4.36. The van der Waals surface area contributed by atoms with Crippen molar-refractivity contribution in [3.63, 3.8) is 0 Å². The Labute approximate surface area is 68.3 Å². The van der Waals surface area contributed by atoms with Crippen LogP contribution in [0, 0.1) is 6.07 Å². The minimum Gasteiger partial charge on any atom is -0.166 e. The largest absolute Gasteiger partial charge is 0.416 e. The van der Waals surface area contributed by atoms with Crippen LogP contribution in [0.2, 0.25) is 0 Å². The topological polar surface area (TPSA) is 0 Å². The summed E-state index contributed by atoms with van der Waals surface area (Å²) in [6.45, 7) is 2.94. The third-order valence-electron chi connectivity index (χ3n) is 1.38. The normalized spacial score (nSPS) is 11.2. The molecule has 1 aromatic carbocycles. The van der Waals surface area contributed by atoms with E-state index >= 15 is 0 Å². The third-order valence-corrected chi connectivity index (χ3v) is 1.38. The smallest absolute Gasteiger partial charge is 0.166 e. The molecule has 0 spiro atoms. The van der Waals surface area contributed by atoms with Crippen LogP contribution >= 0.6 is 0 Å². The summed E-state index contributed by atoms with van der Waals surface area (Å²) in [5.41, 5.74) is -0.867. The zero-order valence-electron chi connectivity index (χ0n) is 6.15. The van der Waals surface area contributed by atoms with Crippen LogP contribution in [0.4, 0.5) is 13.2 Å². The molecule has 63 valence electrons. The number of benzene rings is 1. The fourth-order valence-corrected chi connectivity index (χ4v) is 0.734. The fourth-order valence-electron chi connectivity index (χ4n) is 0.734. The maximum Gasteiger partial charge on any atom is 0.416 e. The van der Waals surface area contributed by atoms with Crippen LogP contribution in [0.1, 0.15) is 5.56 Å². The Balaban J connectivity index is 2.94. The van der Waals surface area contributed by atoms with E-state index in [9.17, 15) is 13.2 Å². The summed E-state index contributed by atoms with van der Waals surface area (Å²) < 4.78 is 36.0. The first kappa shape index (κ1) is 8.84. The van der Waals surface area contributed by atoms with Crippen molar-refractivity contribution in [1.29, 1.82) is 0 Å². The van der Waals surface area contributed by atoms with Crippen LogP contribution in [0.5, 0.6) is 0 Å². The molecule has 0 atom stereocenters. The van der Waals surface area contributed by atoms with Gasteiger partial charge in [0, 0.05) is 0 Å². The lowest BCUT2D eigenvalue weighted by Crippen LogP contribution is -2.09. The molecule has 3 heteroatoms. The molecule has 1 radical (unpaired) electrons. The summed E-state index contributed by atoms with van der Waals surface area (Å²) in [5.74, 6) is 0. The van der Waals surface area contributed by atoms with Gasteiger partial charge in [-0.15, -0.1) is 0 Å². The van der Waals surface area contributed by atoms with Gasteiger partial charge >= 0.3 is 6.18 Å². The van der Waals surface area contributed by atoms with Crippen molar-refractivity contribution in [2.45, 2.75) is 6.18 Å². The van der Waals surface area contributed by atoms with Gasteiger partial charge in [-0.05, 0) is 11.6 Å². The lowest BCUT2D eigenvalue weighted by molar-refractivity contribution is -0.0686. The first-order chi connectivity index (χ1) is 5.52. The van der Waals surface area contributed by atoms with Gasteiger partial charge in [0.15, 0.2) is 0 Å². The average molecular weight is 171 g/mol. The molecule has 0 heterocycles. The number of hydrogen-bond donors (Lipinski definition) is 0. The molecule has 0 fully saturated rings. The maximum absolute atomic E-state index is 12.0. The van der Waals surface area contributed by atoms with Crippen LogP contribution in [-0.2, 0) is 0 Å². The first-order valence-electron chi connectivity index (χ1n) is 3.25. The summed E-state index contributed by atoms with van der Waals surface area (Å²) >= 11 is 0. The zero-order valence-corrected chi connectivity index (χ0v) is 6.15. The van der Waals surface area contributed by atoms with E-state index < -0.39 is 11.7 Å². The molecule has 0 saturated heterocycles. The number of hydrogen-bond acceptors (Lipinski definition) is 0. The molecule has 1 rings (SSSR count).